The van der Waals surface area contributed by atoms with Crippen LogP contribution < -0.4 is 5.32 Å². The maximum absolute atomic E-state index is 12.7. The Hall–Kier alpha value is -2.41. The second-order valence-corrected chi connectivity index (χ2v) is 7.49. The molecule has 3 atom stereocenters. The lowest BCUT2D eigenvalue weighted by Gasteiger charge is -2.19. The van der Waals surface area contributed by atoms with E-state index in [-0.39, 0.29) is 12.0 Å². The fraction of sp³-hybridized carbons (Fsp3) is 0.526. The number of carbonyl (C=O) groups excluding carboxylic acids is 1. The zero-order valence-electron chi connectivity index (χ0n) is 14.5. The third kappa shape index (κ3) is 2.96. The molecule has 1 N–H and O–H groups in total. The van der Waals surface area contributed by atoms with Gasteiger partial charge in [-0.05, 0) is 25.0 Å². The van der Waals surface area contributed by atoms with Gasteiger partial charge in [0.15, 0.2) is 5.69 Å². The lowest BCUT2D eigenvalue weighted by Crippen LogP contribution is -2.32. The molecule has 1 amide bonds. The van der Waals surface area contributed by atoms with E-state index in [2.05, 4.69) is 15.5 Å². The van der Waals surface area contributed by atoms with Gasteiger partial charge in [-0.15, -0.1) is 0 Å². The molecule has 0 radical (unpaired) electrons. The summed E-state index contributed by atoms with van der Waals surface area (Å²) < 4.78 is 11.3. The molecule has 0 spiro atoms. The van der Waals surface area contributed by atoms with Crippen molar-refractivity contribution in [2.45, 2.75) is 24.9 Å². The molecule has 3 aliphatic rings. The van der Waals surface area contributed by atoms with Crippen LogP contribution in [0.5, 0.6) is 0 Å². The van der Waals surface area contributed by atoms with E-state index in [4.69, 9.17) is 9.26 Å². The molecular weight excluding hydrogens is 332 g/mol. The highest BCUT2D eigenvalue weighted by Crippen LogP contribution is 2.40. The van der Waals surface area contributed by atoms with Gasteiger partial charge in [-0.25, -0.2) is 4.98 Å². The first kappa shape index (κ1) is 15.8. The van der Waals surface area contributed by atoms with Gasteiger partial charge in [0.2, 0.25) is 0 Å². The van der Waals surface area contributed by atoms with Crippen LogP contribution in [0.25, 0.3) is 0 Å². The van der Waals surface area contributed by atoms with Crippen molar-refractivity contribution in [1.82, 2.24) is 15.0 Å². The summed E-state index contributed by atoms with van der Waals surface area (Å²) in [6, 6.07) is 7.64. The zero-order chi connectivity index (χ0) is 17.5. The number of pyridine rings is 1. The summed E-state index contributed by atoms with van der Waals surface area (Å²) in [4.78, 5) is 18.9. The molecule has 7 nitrogen and oxygen atoms in total. The highest BCUT2D eigenvalue weighted by atomic mass is 16.5. The number of fused-ring (bicyclic) bond motifs is 1. The Balaban J connectivity index is 1.21. The predicted molar refractivity (Wildman–Crippen MR) is 93.8 cm³/mol. The standard InChI is InChI=1S/C19H22N4O3/c24-19(15-7-16(26-22-15)12-4-5-12)23-9-14-13(11-25-17(14)10-23)8-21-18-3-1-2-6-20-18/h1-3,6-7,12-14,17H,4-5,8-11H2,(H,20,21)/t13-,14+,17+/m1/s1. The van der Waals surface area contributed by atoms with E-state index in [0.717, 1.165) is 37.6 Å². The number of rotatable bonds is 5. The van der Waals surface area contributed by atoms with Gasteiger partial charge in [-0.2, -0.15) is 0 Å². The van der Waals surface area contributed by atoms with Crippen molar-refractivity contribution in [1.29, 1.82) is 0 Å². The Morgan fingerprint density at radius 1 is 1.31 bits per heavy atom. The molecule has 2 saturated heterocycles. The number of anilines is 1. The average Bonchev–Trinajstić information content (AvgIpc) is 3.09. The summed E-state index contributed by atoms with van der Waals surface area (Å²) in [5, 5.41) is 7.36. The van der Waals surface area contributed by atoms with E-state index in [1.165, 1.54) is 0 Å². The average molecular weight is 354 g/mol. The molecule has 136 valence electrons. The van der Waals surface area contributed by atoms with Gasteiger partial charge >= 0.3 is 0 Å². The molecule has 4 heterocycles. The second-order valence-electron chi connectivity index (χ2n) is 7.49. The lowest BCUT2D eigenvalue weighted by molar-refractivity contribution is 0.0671. The van der Waals surface area contributed by atoms with Gasteiger partial charge in [0.1, 0.15) is 11.6 Å². The third-order valence-corrected chi connectivity index (χ3v) is 5.66. The molecule has 1 saturated carbocycles. The highest BCUT2D eigenvalue weighted by Gasteiger charge is 2.45. The molecule has 0 unspecified atom stereocenters. The largest absolute Gasteiger partial charge is 0.376 e. The number of amides is 1. The second kappa shape index (κ2) is 6.39. The van der Waals surface area contributed by atoms with Crippen molar-refractivity contribution < 1.29 is 14.1 Å². The van der Waals surface area contributed by atoms with Crippen molar-refractivity contribution in [3.05, 3.63) is 41.9 Å². The number of hydrogen-bond donors (Lipinski definition) is 1. The Kier molecular flexibility index (Phi) is 3.89. The van der Waals surface area contributed by atoms with Gasteiger partial charge in [-0.3, -0.25) is 4.79 Å². The van der Waals surface area contributed by atoms with E-state index in [1.807, 2.05) is 29.2 Å². The van der Waals surface area contributed by atoms with Crippen molar-refractivity contribution >= 4 is 11.7 Å². The number of hydrogen-bond acceptors (Lipinski definition) is 6. The fourth-order valence-corrected chi connectivity index (χ4v) is 3.99. The van der Waals surface area contributed by atoms with Crippen LogP contribution in [0, 0.1) is 11.8 Å². The van der Waals surface area contributed by atoms with Gasteiger partial charge in [0.25, 0.3) is 5.91 Å². The van der Waals surface area contributed by atoms with E-state index in [0.29, 0.717) is 36.5 Å². The highest BCUT2D eigenvalue weighted by molar-refractivity contribution is 5.92. The topological polar surface area (TPSA) is 80.5 Å². The van der Waals surface area contributed by atoms with Crippen LogP contribution in [-0.2, 0) is 4.74 Å². The SMILES string of the molecule is O=C(c1cc(C2CC2)on1)N1C[C@H]2[C@H](CNc3ccccn3)CO[C@H]2C1. The van der Waals surface area contributed by atoms with Crippen LogP contribution in [0.4, 0.5) is 5.82 Å². The molecule has 7 heteroatoms. The van der Waals surface area contributed by atoms with E-state index >= 15 is 0 Å². The normalized spacial score (nSPS) is 27.5. The van der Waals surface area contributed by atoms with Crippen molar-refractivity contribution in [3.8, 4) is 0 Å². The Labute approximate surface area is 151 Å². The molecule has 2 aliphatic heterocycles. The monoisotopic (exact) mass is 354 g/mol. The van der Waals surface area contributed by atoms with E-state index in [1.54, 1.807) is 6.20 Å². The number of ether oxygens (including phenoxy) is 1. The Morgan fingerprint density at radius 2 is 2.23 bits per heavy atom. The summed E-state index contributed by atoms with van der Waals surface area (Å²) in [6.45, 7) is 2.88. The van der Waals surface area contributed by atoms with Gasteiger partial charge in [0, 0.05) is 49.7 Å². The van der Waals surface area contributed by atoms with Crippen LogP contribution >= 0.6 is 0 Å². The third-order valence-electron chi connectivity index (χ3n) is 5.66. The molecule has 26 heavy (non-hydrogen) atoms. The van der Waals surface area contributed by atoms with Crippen LogP contribution in [-0.4, -0.2) is 53.3 Å². The number of carbonyl (C=O) groups is 1. The first-order valence-corrected chi connectivity index (χ1v) is 9.30. The summed E-state index contributed by atoms with van der Waals surface area (Å²) in [5.41, 5.74) is 0.426. The van der Waals surface area contributed by atoms with E-state index < -0.39 is 0 Å². The quantitative estimate of drug-likeness (QED) is 0.886. The van der Waals surface area contributed by atoms with Crippen LogP contribution in [0.2, 0.25) is 0 Å². The number of likely N-dealkylation sites (tertiary alicyclic amines) is 1. The lowest BCUT2D eigenvalue weighted by atomic mass is 9.93. The number of nitrogens with one attached hydrogen (secondary N) is 1. The molecule has 0 aromatic carbocycles. The van der Waals surface area contributed by atoms with E-state index in [9.17, 15) is 4.79 Å². The van der Waals surface area contributed by atoms with Crippen molar-refractivity contribution in [3.63, 3.8) is 0 Å². The maximum Gasteiger partial charge on any atom is 0.276 e. The molecule has 5 rings (SSSR count). The Morgan fingerprint density at radius 3 is 3.04 bits per heavy atom. The van der Waals surface area contributed by atoms with Crippen molar-refractivity contribution in [2.75, 3.05) is 31.6 Å². The molecule has 2 aromatic rings. The number of nitrogens with zero attached hydrogens (tertiary/aromatic N) is 3. The minimum Gasteiger partial charge on any atom is -0.376 e. The minimum atomic E-state index is -0.0462. The van der Waals surface area contributed by atoms with Gasteiger partial charge in [0.05, 0.1) is 12.7 Å². The zero-order valence-corrected chi connectivity index (χ0v) is 14.5. The molecule has 2 aromatic heterocycles. The van der Waals surface area contributed by atoms with Crippen LogP contribution in [0.1, 0.15) is 35.0 Å². The molecule has 3 fully saturated rings. The van der Waals surface area contributed by atoms with Gasteiger partial charge in [-0.1, -0.05) is 11.2 Å². The smallest absolute Gasteiger partial charge is 0.276 e. The first-order chi connectivity index (χ1) is 12.8. The molecular formula is C19H22N4O3. The summed E-state index contributed by atoms with van der Waals surface area (Å²) >= 11 is 0. The number of aromatic nitrogens is 2. The maximum atomic E-state index is 12.7. The van der Waals surface area contributed by atoms with Gasteiger partial charge < -0.3 is 19.5 Å². The fourth-order valence-electron chi connectivity index (χ4n) is 3.99. The minimum absolute atomic E-state index is 0.0462. The van der Waals surface area contributed by atoms with Crippen LogP contribution in [0.15, 0.2) is 35.0 Å². The summed E-state index contributed by atoms with van der Waals surface area (Å²) in [7, 11) is 0. The predicted octanol–water partition coefficient (Wildman–Crippen LogP) is 2.15. The molecule has 0 bridgehead atoms. The van der Waals surface area contributed by atoms with Crippen molar-refractivity contribution in [2.24, 2.45) is 11.8 Å². The van der Waals surface area contributed by atoms with Crippen LogP contribution in [0.3, 0.4) is 0 Å². The summed E-state index contributed by atoms with van der Waals surface area (Å²) in [6.07, 6.45) is 4.16. The summed E-state index contributed by atoms with van der Waals surface area (Å²) in [5.74, 6) is 2.87. The first-order valence-electron chi connectivity index (χ1n) is 9.30. The molecule has 1 aliphatic carbocycles. The Bertz CT molecular complexity index is 789.